The van der Waals surface area contributed by atoms with Gasteiger partial charge in [0.2, 0.25) is 0 Å². The first-order valence-corrected chi connectivity index (χ1v) is 8.03. The van der Waals surface area contributed by atoms with Gasteiger partial charge in [0.15, 0.2) is 0 Å². The molecule has 2 aromatic rings. The monoisotopic (exact) mass is 358 g/mol. The van der Waals surface area contributed by atoms with Crippen LogP contribution in [-0.2, 0) is 14.3 Å². The zero-order valence-electron chi connectivity index (χ0n) is 15.4. The number of esters is 1. The molecule has 7 heteroatoms. The van der Waals surface area contributed by atoms with Gasteiger partial charge in [-0.1, -0.05) is 12.1 Å². The molecule has 1 heterocycles. The molecule has 0 aliphatic heterocycles. The molecule has 0 atom stereocenters. The largest absolute Gasteiger partial charge is 0.464 e. The molecule has 1 aromatic carbocycles. The lowest BCUT2D eigenvalue weighted by Crippen LogP contribution is -2.34. The number of carbonyl (C=O) groups excluding carboxylic acids is 2. The molecular weight excluding hydrogens is 336 g/mol. The highest BCUT2D eigenvalue weighted by Crippen LogP contribution is 2.15. The van der Waals surface area contributed by atoms with E-state index >= 15 is 0 Å². The van der Waals surface area contributed by atoms with Crippen molar-refractivity contribution in [1.82, 2.24) is 10.3 Å². The smallest absolute Gasteiger partial charge is 0.412 e. The van der Waals surface area contributed by atoms with E-state index < -0.39 is 23.2 Å². The molecule has 0 fully saturated rings. The lowest BCUT2D eigenvalue weighted by atomic mass is 10.1. The van der Waals surface area contributed by atoms with Crippen molar-refractivity contribution in [2.24, 2.45) is 0 Å². The van der Waals surface area contributed by atoms with Crippen LogP contribution in [0.2, 0.25) is 0 Å². The van der Waals surface area contributed by atoms with Crippen LogP contribution in [0.3, 0.4) is 0 Å². The molecule has 0 aliphatic carbocycles. The van der Waals surface area contributed by atoms with Crippen molar-refractivity contribution < 1.29 is 19.1 Å². The van der Waals surface area contributed by atoms with E-state index in [0.29, 0.717) is 5.52 Å². The first-order valence-electron chi connectivity index (χ1n) is 8.03. The molecule has 2 rings (SSSR count). The summed E-state index contributed by atoms with van der Waals surface area (Å²) in [6.07, 6.45) is 0.440. The van der Waals surface area contributed by atoms with Crippen LogP contribution in [0.25, 0.3) is 17.0 Å². The van der Waals surface area contributed by atoms with E-state index in [9.17, 15) is 14.4 Å². The van der Waals surface area contributed by atoms with Crippen molar-refractivity contribution >= 4 is 29.0 Å². The fourth-order valence-electron chi connectivity index (χ4n) is 2.26. The topological polar surface area (TPSA) is 97.5 Å². The highest BCUT2D eigenvalue weighted by Gasteiger charge is 2.20. The Balaban J connectivity index is 2.43. The van der Waals surface area contributed by atoms with E-state index in [1.165, 1.54) is 13.2 Å². The average Bonchev–Trinajstić information content (AvgIpc) is 2.52. The predicted octanol–water partition coefficient (Wildman–Crippen LogP) is 2.88. The molecule has 0 aliphatic rings. The molecule has 0 radical (unpaired) electrons. The zero-order chi connectivity index (χ0) is 19.5. The summed E-state index contributed by atoms with van der Waals surface area (Å²) in [6, 6.07) is 7.25. The summed E-state index contributed by atoms with van der Waals surface area (Å²) in [5, 5.41) is 3.12. The van der Waals surface area contributed by atoms with Gasteiger partial charge in [0.1, 0.15) is 11.3 Å². The van der Waals surface area contributed by atoms with Crippen molar-refractivity contribution in [3.63, 3.8) is 0 Å². The highest BCUT2D eigenvalue weighted by atomic mass is 16.6. The van der Waals surface area contributed by atoms with Crippen molar-refractivity contribution in [3.05, 3.63) is 51.4 Å². The van der Waals surface area contributed by atoms with Crippen LogP contribution in [0.4, 0.5) is 4.79 Å². The maximum Gasteiger partial charge on any atom is 0.412 e. The number of pyridine rings is 1. The van der Waals surface area contributed by atoms with Gasteiger partial charge in [0, 0.05) is 11.1 Å². The number of hydrogen-bond donors (Lipinski definition) is 2. The van der Waals surface area contributed by atoms with Crippen molar-refractivity contribution in [2.75, 3.05) is 7.11 Å². The van der Waals surface area contributed by atoms with Crippen LogP contribution in [0.5, 0.6) is 0 Å². The maximum absolute atomic E-state index is 12.3. The Bertz CT molecular complexity index is 935. The third-order valence-electron chi connectivity index (χ3n) is 3.37. The second-order valence-electron chi connectivity index (χ2n) is 6.82. The van der Waals surface area contributed by atoms with Crippen molar-refractivity contribution in [3.8, 4) is 0 Å². The van der Waals surface area contributed by atoms with E-state index in [1.807, 2.05) is 25.1 Å². The number of rotatable bonds is 3. The van der Waals surface area contributed by atoms with Crippen LogP contribution < -0.4 is 10.9 Å². The molecular formula is C19H22N2O5. The first kappa shape index (κ1) is 19.2. The highest BCUT2D eigenvalue weighted by molar-refractivity contribution is 5.97. The molecule has 0 saturated carbocycles. The van der Waals surface area contributed by atoms with E-state index in [1.54, 1.807) is 26.8 Å². The van der Waals surface area contributed by atoms with Crippen LogP contribution in [-0.4, -0.2) is 29.8 Å². The van der Waals surface area contributed by atoms with Crippen LogP contribution in [0.1, 0.15) is 31.9 Å². The van der Waals surface area contributed by atoms with Gasteiger partial charge in [0.25, 0.3) is 5.56 Å². The number of hydrogen-bond acceptors (Lipinski definition) is 5. The zero-order valence-corrected chi connectivity index (χ0v) is 15.4. The number of benzene rings is 1. The minimum absolute atomic E-state index is 0.196. The van der Waals surface area contributed by atoms with Gasteiger partial charge in [0.05, 0.1) is 7.11 Å². The Hall–Kier alpha value is -3.09. The summed E-state index contributed by atoms with van der Waals surface area (Å²) >= 11 is 0. The Morgan fingerprint density at radius 2 is 1.88 bits per heavy atom. The van der Waals surface area contributed by atoms with Gasteiger partial charge >= 0.3 is 12.1 Å². The SMILES string of the molecule is COC(=O)/C(=C/c1cc2ccc(C)cc2[nH]c1=O)NC(=O)OC(C)(C)C. The number of fused-ring (bicyclic) bond motifs is 1. The maximum atomic E-state index is 12.3. The van der Waals surface area contributed by atoms with Crippen molar-refractivity contribution in [2.45, 2.75) is 33.3 Å². The van der Waals surface area contributed by atoms with Crippen LogP contribution in [0, 0.1) is 6.92 Å². The average molecular weight is 358 g/mol. The molecule has 2 N–H and O–H groups in total. The van der Waals surface area contributed by atoms with Gasteiger partial charge in [-0.2, -0.15) is 0 Å². The summed E-state index contributed by atoms with van der Waals surface area (Å²) in [7, 11) is 1.18. The number of aromatic nitrogens is 1. The summed E-state index contributed by atoms with van der Waals surface area (Å²) in [4.78, 5) is 39.0. The standard InChI is InChI=1S/C19H22N2O5/c1-11-6-7-12-9-13(16(22)20-14(12)8-11)10-15(17(23)25-5)21-18(24)26-19(2,3)4/h6-10H,1-5H3,(H,20,22)(H,21,24)/b15-10-. The van der Waals surface area contributed by atoms with Gasteiger partial charge in [-0.05, 0) is 56.9 Å². The summed E-state index contributed by atoms with van der Waals surface area (Å²) in [6.45, 7) is 7.02. The second-order valence-corrected chi connectivity index (χ2v) is 6.82. The summed E-state index contributed by atoms with van der Waals surface area (Å²) in [5.74, 6) is -0.792. The molecule has 0 unspecified atom stereocenters. The molecule has 0 bridgehead atoms. The molecule has 0 saturated heterocycles. The number of aromatic amines is 1. The third kappa shape index (κ3) is 4.95. The summed E-state index contributed by atoms with van der Waals surface area (Å²) in [5.41, 5.74) is 0.584. The first-order chi connectivity index (χ1) is 12.1. The lowest BCUT2D eigenvalue weighted by molar-refractivity contribution is -0.136. The summed E-state index contributed by atoms with van der Waals surface area (Å²) < 4.78 is 9.80. The van der Waals surface area contributed by atoms with E-state index in [0.717, 1.165) is 10.9 Å². The number of H-pyrrole nitrogens is 1. The Labute approximate surface area is 151 Å². The van der Waals surface area contributed by atoms with E-state index in [2.05, 4.69) is 15.0 Å². The fraction of sp³-hybridized carbons (Fsp3) is 0.316. The Morgan fingerprint density at radius 3 is 2.50 bits per heavy atom. The third-order valence-corrected chi connectivity index (χ3v) is 3.37. The molecule has 0 spiro atoms. The predicted molar refractivity (Wildman–Crippen MR) is 98.7 cm³/mol. The molecule has 1 aromatic heterocycles. The van der Waals surface area contributed by atoms with E-state index in [-0.39, 0.29) is 11.3 Å². The van der Waals surface area contributed by atoms with Gasteiger partial charge in [-0.15, -0.1) is 0 Å². The normalized spacial score (nSPS) is 12.0. The van der Waals surface area contributed by atoms with Crippen LogP contribution in [0.15, 0.2) is 34.8 Å². The molecule has 1 amide bonds. The second kappa shape index (κ2) is 7.43. The van der Waals surface area contributed by atoms with Crippen molar-refractivity contribution in [1.29, 1.82) is 0 Å². The number of ether oxygens (including phenoxy) is 2. The number of methoxy groups -OCH3 is 1. The quantitative estimate of drug-likeness (QED) is 0.649. The Morgan fingerprint density at radius 1 is 1.19 bits per heavy atom. The van der Waals surface area contributed by atoms with Gasteiger partial charge in [-0.3, -0.25) is 10.1 Å². The minimum Gasteiger partial charge on any atom is -0.464 e. The Kier molecular flexibility index (Phi) is 5.50. The fourth-order valence-corrected chi connectivity index (χ4v) is 2.26. The van der Waals surface area contributed by atoms with Gasteiger partial charge < -0.3 is 14.5 Å². The molecule has 7 nitrogen and oxygen atoms in total. The van der Waals surface area contributed by atoms with E-state index in [4.69, 9.17) is 4.74 Å². The number of amides is 1. The molecule has 138 valence electrons. The van der Waals surface area contributed by atoms with Crippen LogP contribution >= 0.6 is 0 Å². The molecule has 26 heavy (non-hydrogen) atoms. The minimum atomic E-state index is -0.818. The van der Waals surface area contributed by atoms with Gasteiger partial charge in [-0.25, -0.2) is 9.59 Å². The number of carbonyl (C=O) groups is 2. The lowest BCUT2D eigenvalue weighted by Gasteiger charge is -2.20. The number of aryl methyl sites for hydroxylation is 1. The number of nitrogens with one attached hydrogen (secondary N) is 2. The number of alkyl carbamates (subject to hydrolysis) is 1.